The van der Waals surface area contributed by atoms with Crippen molar-refractivity contribution in [1.29, 1.82) is 0 Å². The molecule has 2 amide bonds. The highest BCUT2D eigenvalue weighted by Gasteiger charge is 2.24. The number of nitrogens with one attached hydrogen (secondary N) is 2. The monoisotopic (exact) mass is 430 g/mol. The van der Waals surface area contributed by atoms with Gasteiger partial charge in [0.1, 0.15) is 0 Å². The number of aromatic nitrogens is 5. The number of carbonyl (C=O) groups excluding carboxylic acids is 2. The van der Waals surface area contributed by atoms with Gasteiger partial charge in [0.05, 0.1) is 11.0 Å². The normalized spacial score (nSPS) is 14.6. The van der Waals surface area contributed by atoms with Gasteiger partial charge in [0, 0.05) is 37.3 Å². The zero-order valence-electron chi connectivity index (χ0n) is 17.5. The number of rotatable bonds is 4. The molecule has 1 saturated heterocycles. The highest BCUT2D eigenvalue weighted by molar-refractivity contribution is 5.95. The van der Waals surface area contributed by atoms with Crippen LogP contribution in [-0.2, 0) is 4.79 Å². The number of para-hydroxylation sites is 2. The number of fused-ring (bicyclic) bond motifs is 3. The van der Waals surface area contributed by atoms with E-state index in [0.717, 1.165) is 29.6 Å². The van der Waals surface area contributed by atoms with E-state index in [1.54, 1.807) is 16.6 Å². The van der Waals surface area contributed by atoms with Crippen molar-refractivity contribution >= 4 is 40.0 Å². The van der Waals surface area contributed by atoms with E-state index < -0.39 is 0 Å². The van der Waals surface area contributed by atoms with Crippen LogP contribution in [0.3, 0.4) is 0 Å². The van der Waals surface area contributed by atoms with Gasteiger partial charge in [-0.2, -0.15) is 4.52 Å². The molecule has 0 atom stereocenters. The lowest BCUT2D eigenvalue weighted by Gasteiger charge is -2.32. The summed E-state index contributed by atoms with van der Waals surface area (Å²) in [5.41, 5.74) is 3.50. The fraction of sp³-hybridized carbons (Fsp3) is 0.273. The van der Waals surface area contributed by atoms with Crippen LogP contribution in [0.15, 0.2) is 48.5 Å². The van der Waals surface area contributed by atoms with Gasteiger partial charge in [0.2, 0.25) is 11.6 Å². The molecule has 0 spiro atoms. The SMILES string of the molecule is CC(=O)NC1CCN(C(=O)c2ccc(Nc3nc4ccccc4n4nnnc34)cc2)CC1. The van der Waals surface area contributed by atoms with Gasteiger partial charge < -0.3 is 15.5 Å². The first-order valence-electron chi connectivity index (χ1n) is 10.5. The highest BCUT2D eigenvalue weighted by Crippen LogP contribution is 2.23. The largest absolute Gasteiger partial charge is 0.353 e. The minimum atomic E-state index is -0.0297. The predicted octanol–water partition coefficient (Wildman–Crippen LogP) is 2.16. The number of nitrogens with zero attached hydrogens (tertiary/aromatic N) is 6. The van der Waals surface area contributed by atoms with Crippen molar-refractivity contribution in [3.63, 3.8) is 0 Å². The Morgan fingerprint density at radius 1 is 1.03 bits per heavy atom. The summed E-state index contributed by atoms with van der Waals surface area (Å²) in [6.07, 6.45) is 1.53. The number of carbonyl (C=O) groups is 2. The summed E-state index contributed by atoms with van der Waals surface area (Å²) >= 11 is 0. The molecule has 0 bridgehead atoms. The Morgan fingerprint density at radius 2 is 1.78 bits per heavy atom. The second kappa shape index (κ2) is 8.22. The van der Waals surface area contributed by atoms with Crippen LogP contribution in [0, 0.1) is 0 Å². The van der Waals surface area contributed by atoms with Crippen LogP contribution in [0.4, 0.5) is 11.5 Å². The second-order valence-electron chi connectivity index (χ2n) is 7.83. The number of anilines is 2. The highest BCUT2D eigenvalue weighted by atomic mass is 16.2. The maximum absolute atomic E-state index is 12.9. The lowest BCUT2D eigenvalue weighted by molar-refractivity contribution is -0.119. The lowest BCUT2D eigenvalue weighted by Crippen LogP contribution is -2.46. The topological polar surface area (TPSA) is 117 Å². The van der Waals surface area contributed by atoms with E-state index in [0.29, 0.717) is 30.1 Å². The van der Waals surface area contributed by atoms with Crippen molar-refractivity contribution in [2.75, 3.05) is 18.4 Å². The average Bonchev–Trinajstić information content (AvgIpc) is 3.30. The van der Waals surface area contributed by atoms with Crippen LogP contribution in [-0.4, -0.2) is 60.9 Å². The average molecular weight is 430 g/mol. The van der Waals surface area contributed by atoms with Gasteiger partial charge in [0.15, 0.2) is 5.82 Å². The Hall–Kier alpha value is -4.08. The Bertz CT molecular complexity index is 1290. The Labute approximate surface area is 183 Å². The van der Waals surface area contributed by atoms with Gasteiger partial charge in [-0.15, -0.1) is 5.10 Å². The van der Waals surface area contributed by atoms with Crippen molar-refractivity contribution < 1.29 is 9.59 Å². The van der Waals surface area contributed by atoms with Crippen LogP contribution in [0.25, 0.3) is 16.7 Å². The van der Waals surface area contributed by atoms with Crippen molar-refractivity contribution in [3.8, 4) is 0 Å². The third-order valence-corrected chi connectivity index (χ3v) is 5.61. The molecule has 2 N–H and O–H groups in total. The molecule has 2 aromatic heterocycles. The van der Waals surface area contributed by atoms with Crippen molar-refractivity contribution in [3.05, 3.63) is 54.1 Å². The summed E-state index contributed by atoms with van der Waals surface area (Å²) in [4.78, 5) is 30.6. The molecule has 1 fully saturated rings. The first kappa shape index (κ1) is 19.9. The first-order chi connectivity index (χ1) is 15.6. The summed E-state index contributed by atoms with van der Waals surface area (Å²) in [7, 11) is 0. The number of likely N-dealkylation sites (tertiary alicyclic amines) is 1. The predicted molar refractivity (Wildman–Crippen MR) is 119 cm³/mol. The van der Waals surface area contributed by atoms with Crippen molar-refractivity contribution in [2.24, 2.45) is 0 Å². The van der Waals surface area contributed by atoms with E-state index in [4.69, 9.17) is 0 Å². The maximum atomic E-state index is 12.9. The van der Waals surface area contributed by atoms with Gasteiger partial charge in [-0.25, -0.2) is 4.98 Å². The van der Waals surface area contributed by atoms with E-state index in [-0.39, 0.29) is 17.9 Å². The quantitative estimate of drug-likeness (QED) is 0.509. The van der Waals surface area contributed by atoms with Crippen LogP contribution in [0.5, 0.6) is 0 Å². The minimum Gasteiger partial charge on any atom is -0.353 e. The molecule has 0 aliphatic carbocycles. The molecule has 2 aromatic carbocycles. The lowest BCUT2D eigenvalue weighted by atomic mass is 10.0. The molecular weight excluding hydrogens is 408 g/mol. The number of piperidine rings is 1. The van der Waals surface area contributed by atoms with Gasteiger partial charge in [0.25, 0.3) is 5.91 Å². The summed E-state index contributed by atoms with van der Waals surface area (Å²) in [5.74, 6) is 0.497. The summed E-state index contributed by atoms with van der Waals surface area (Å²) in [6.45, 7) is 2.77. The van der Waals surface area contributed by atoms with Crippen LogP contribution < -0.4 is 10.6 Å². The Balaban J connectivity index is 1.31. The Kier molecular flexibility index (Phi) is 5.10. The maximum Gasteiger partial charge on any atom is 0.253 e. The molecule has 1 aliphatic heterocycles. The molecule has 0 saturated carbocycles. The zero-order valence-corrected chi connectivity index (χ0v) is 17.5. The number of hydrogen-bond acceptors (Lipinski definition) is 7. The number of amides is 2. The smallest absolute Gasteiger partial charge is 0.253 e. The molecule has 32 heavy (non-hydrogen) atoms. The van der Waals surface area contributed by atoms with Crippen molar-refractivity contribution in [2.45, 2.75) is 25.8 Å². The van der Waals surface area contributed by atoms with E-state index in [1.807, 2.05) is 41.3 Å². The summed E-state index contributed by atoms with van der Waals surface area (Å²) in [5, 5.41) is 18.1. The summed E-state index contributed by atoms with van der Waals surface area (Å²) in [6, 6.07) is 15.1. The van der Waals surface area contributed by atoms with Crippen molar-refractivity contribution in [1.82, 2.24) is 35.2 Å². The van der Waals surface area contributed by atoms with E-state index in [2.05, 4.69) is 31.1 Å². The van der Waals surface area contributed by atoms with E-state index in [1.165, 1.54) is 6.92 Å². The molecule has 3 heterocycles. The molecule has 4 aromatic rings. The van der Waals surface area contributed by atoms with Gasteiger partial charge in [-0.05, 0) is 59.7 Å². The standard InChI is InChI=1S/C22H22N8O2/c1-14(31)23-17-10-12-29(13-11-17)22(32)15-6-8-16(9-7-15)24-20-21-26-27-28-30(21)19-5-3-2-4-18(19)25-20/h2-9,17H,10-13H2,1H3,(H,23,31)(H,24,25). The number of benzene rings is 2. The Morgan fingerprint density at radius 3 is 2.53 bits per heavy atom. The van der Waals surface area contributed by atoms with Crippen LogP contribution in [0.1, 0.15) is 30.1 Å². The molecule has 5 rings (SSSR count). The molecule has 1 aliphatic rings. The first-order valence-corrected chi connectivity index (χ1v) is 10.5. The third kappa shape index (κ3) is 3.82. The number of tetrazole rings is 1. The van der Waals surface area contributed by atoms with E-state index in [9.17, 15) is 9.59 Å². The zero-order chi connectivity index (χ0) is 22.1. The van der Waals surface area contributed by atoms with Gasteiger partial charge >= 0.3 is 0 Å². The molecule has 0 radical (unpaired) electrons. The number of hydrogen-bond donors (Lipinski definition) is 2. The summed E-state index contributed by atoms with van der Waals surface area (Å²) < 4.78 is 1.65. The second-order valence-corrected chi connectivity index (χ2v) is 7.83. The third-order valence-electron chi connectivity index (χ3n) is 5.61. The fourth-order valence-corrected chi connectivity index (χ4v) is 4.02. The minimum absolute atomic E-state index is 0.00861. The molecule has 0 unspecified atom stereocenters. The van der Waals surface area contributed by atoms with Crippen LogP contribution >= 0.6 is 0 Å². The molecule has 162 valence electrons. The fourth-order valence-electron chi connectivity index (χ4n) is 4.02. The van der Waals surface area contributed by atoms with Gasteiger partial charge in [-0.1, -0.05) is 12.1 Å². The molecule has 10 nitrogen and oxygen atoms in total. The van der Waals surface area contributed by atoms with Gasteiger partial charge in [-0.3, -0.25) is 9.59 Å². The molecular formula is C22H22N8O2. The van der Waals surface area contributed by atoms with Crippen LogP contribution in [0.2, 0.25) is 0 Å². The molecule has 10 heteroatoms. The van der Waals surface area contributed by atoms with E-state index >= 15 is 0 Å².